The molecule has 134 valence electrons. The highest BCUT2D eigenvalue weighted by Gasteiger charge is 2.28. The molecule has 25 heavy (non-hydrogen) atoms. The average molecular weight is 402 g/mol. The minimum atomic E-state index is -4.03. The van der Waals surface area contributed by atoms with Crippen molar-refractivity contribution >= 4 is 44.9 Å². The maximum Gasteiger partial charge on any atom is 0.326 e. The van der Waals surface area contributed by atoms with Crippen molar-refractivity contribution in [2.24, 2.45) is 0 Å². The second-order valence-corrected chi connectivity index (χ2v) is 7.91. The topological polar surface area (TPSA) is 63.7 Å². The number of benzene rings is 2. The Hall–Kier alpha value is -1.76. The molecule has 0 unspecified atom stereocenters. The Bertz CT molecular complexity index is 884. The Morgan fingerprint density at radius 3 is 2.44 bits per heavy atom. The summed E-state index contributed by atoms with van der Waals surface area (Å²) in [5, 5.41) is 0.358. The summed E-state index contributed by atoms with van der Waals surface area (Å²) in [6, 6.07) is 10.8. The van der Waals surface area contributed by atoms with Crippen molar-refractivity contribution in [2.45, 2.75) is 18.7 Å². The number of hydrogen-bond acceptors (Lipinski definition) is 4. The predicted octanol–water partition coefficient (Wildman–Crippen LogP) is 4.06. The van der Waals surface area contributed by atoms with Gasteiger partial charge in [-0.2, -0.15) is 0 Å². The third-order valence-corrected chi connectivity index (χ3v) is 5.86. The van der Waals surface area contributed by atoms with Crippen LogP contribution in [0, 0.1) is 6.92 Å². The summed E-state index contributed by atoms with van der Waals surface area (Å²) in [6.07, 6.45) is 0. The van der Waals surface area contributed by atoms with Crippen LogP contribution in [-0.2, 0) is 19.6 Å². The van der Waals surface area contributed by atoms with Gasteiger partial charge in [0, 0.05) is 0 Å². The fourth-order valence-electron chi connectivity index (χ4n) is 2.19. The molecule has 0 aliphatic carbocycles. The van der Waals surface area contributed by atoms with Crippen molar-refractivity contribution < 1.29 is 17.9 Å². The number of esters is 1. The van der Waals surface area contributed by atoms with Gasteiger partial charge in [-0.15, -0.1) is 0 Å². The number of nitrogens with zero attached hydrogens (tertiary/aromatic N) is 1. The number of rotatable bonds is 6. The Morgan fingerprint density at radius 2 is 1.84 bits per heavy atom. The van der Waals surface area contributed by atoms with E-state index < -0.39 is 22.5 Å². The highest BCUT2D eigenvalue weighted by Crippen LogP contribution is 2.29. The Kier molecular flexibility index (Phi) is 6.32. The molecule has 0 aromatic heterocycles. The Morgan fingerprint density at radius 1 is 1.12 bits per heavy atom. The van der Waals surface area contributed by atoms with Gasteiger partial charge in [0.2, 0.25) is 0 Å². The second-order valence-electron chi connectivity index (χ2n) is 5.23. The normalized spacial score (nSPS) is 11.2. The van der Waals surface area contributed by atoms with Crippen LogP contribution in [0.4, 0.5) is 5.69 Å². The fraction of sp³-hybridized carbons (Fsp3) is 0.235. The molecule has 0 aliphatic heterocycles. The van der Waals surface area contributed by atoms with Crippen LogP contribution in [0.2, 0.25) is 10.0 Å². The zero-order valence-corrected chi connectivity index (χ0v) is 16.0. The van der Waals surface area contributed by atoms with E-state index in [0.717, 1.165) is 9.87 Å². The van der Waals surface area contributed by atoms with Crippen molar-refractivity contribution in [1.29, 1.82) is 0 Å². The van der Waals surface area contributed by atoms with E-state index in [1.807, 2.05) is 13.0 Å². The zero-order chi connectivity index (χ0) is 18.6. The van der Waals surface area contributed by atoms with Crippen LogP contribution in [0.5, 0.6) is 0 Å². The summed E-state index contributed by atoms with van der Waals surface area (Å²) < 4.78 is 32.0. The number of hydrogen-bond donors (Lipinski definition) is 0. The molecule has 5 nitrogen and oxygen atoms in total. The van der Waals surface area contributed by atoms with Gasteiger partial charge in [-0.05, 0) is 49.7 Å². The lowest BCUT2D eigenvalue weighted by Gasteiger charge is -2.24. The van der Waals surface area contributed by atoms with Crippen molar-refractivity contribution in [2.75, 3.05) is 17.5 Å². The van der Waals surface area contributed by atoms with Gasteiger partial charge in [0.15, 0.2) is 0 Å². The number of carbonyl (C=O) groups is 1. The maximum atomic E-state index is 13.1. The maximum absolute atomic E-state index is 13.1. The lowest BCUT2D eigenvalue weighted by molar-refractivity contribution is -0.141. The molecule has 0 atom stereocenters. The van der Waals surface area contributed by atoms with E-state index >= 15 is 0 Å². The average Bonchev–Trinajstić information content (AvgIpc) is 2.55. The van der Waals surface area contributed by atoms with Crippen molar-refractivity contribution in [3.8, 4) is 0 Å². The minimum Gasteiger partial charge on any atom is -0.465 e. The molecule has 0 aliphatic rings. The van der Waals surface area contributed by atoms with Crippen LogP contribution in [0.1, 0.15) is 12.5 Å². The van der Waals surface area contributed by atoms with Gasteiger partial charge in [-0.3, -0.25) is 9.10 Å². The van der Waals surface area contributed by atoms with Crippen molar-refractivity contribution in [3.05, 3.63) is 58.1 Å². The Balaban J connectivity index is 2.52. The summed E-state index contributed by atoms with van der Waals surface area (Å²) in [4.78, 5) is 11.9. The first kappa shape index (κ1) is 19.6. The molecule has 0 heterocycles. The van der Waals surface area contributed by atoms with Gasteiger partial charge in [0.05, 0.1) is 27.2 Å². The van der Waals surface area contributed by atoms with E-state index in [2.05, 4.69) is 0 Å². The molecule has 0 fully saturated rings. The Labute approximate surface area is 157 Å². The summed E-state index contributed by atoms with van der Waals surface area (Å²) in [5.74, 6) is -0.646. The quantitative estimate of drug-likeness (QED) is 0.684. The van der Waals surface area contributed by atoms with Crippen LogP contribution in [0.15, 0.2) is 47.4 Å². The molecule has 8 heteroatoms. The molecule has 0 N–H and O–H groups in total. The lowest BCUT2D eigenvalue weighted by atomic mass is 10.2. The molecule has 0 radical (unpaired) electrons. The largest absolute Gasteiger partial charge is 0.465 e. The van der Waals surface area contributed by atoms with Crippen LogP contribution in [-0.4, -0.2) is 27.5 Å². The summed E-state index contributed by atoms with van der Waals surface area (Å²) >= 11 is 11.8. The van der Waals surface area contributed by atoms with Crippen LogP contribution >= 0.6 is 23.2 Å². The van der Waals surface area contributed by atoms with E-state index in [4.69, 9.17) is 27.9 Å². The van der Waals surface area contributed by atoms with Crippen LogP contribution in [0.25, 0.3) is 0 Å². The molecule has 2 aromatic carbocycles. The molecule has 2 rings (SSSR count). The molecule has 0 spiro atoms. The van der Waals surface area contributed by atoms with Crippen LogP contribution < -0.4 is 4.31 Å². The molecular weight excluding hydrogens is 385 g/mol. The minimum absolute atomic E-state index is 0.0623. The highest BCUT2D eigenvalue weighted by molar-refractivity contribution is 7.92. The first-order valence-electron chi connectivity index (χ1n) is 7.45. The molecule has 0 bridgehead atoms. The lowest BCUT2D eigenvalue weighted by Crippen LogP contribution is -2.36. The van der Waals surface area contributed by atoms with Gasteiger partial charge >= 0.3 is 5.97 Å². The summed E-state index contributed by atoms with van der Waals surface area (Å²) in [5.41, 5.74) is 1.22. The van der Waals surface area contributed by atoms with Crippen molar-refractivity contribution in [3.63, 3.8) is 0 Å². The fourth-order valence-corrected chi connectivity index (χ4v) is 3.98. The number of carbonyl (C=O) groups excluding carboxylic acids is 1. The smallest absolute Gasteiger partial charge is 0.326 e. The first-order valence-corrected chi connectivity index (χ1v) is 9.65. The molecular formula is C17H17Cl2NO4S. The monoisotopic (exact) mass is 401 g/mol. The number of ether oxygens (including phenoxy) is 1. The van der Waals surface area contributed by atoms with E-state index in [1.54, 1.807) is 25.1 Å². The van der Waals surface area contributed by atoms with Crippen molar-refractivity contribution in [1.82, 2.24) is 0 Å². The summed E-state index contributed by atoms with van der Waals surface area (Å²) in [6.45, 7) is 3.20. The van der Waals surface area contributed by atoms with Gasteiger partial charge in [-0.25, -0.2) is 8.42 Å². The number of anilines is 1. The van der Waals surface area contributed by atoms with E-state index in [0.29, 0.717) is 5.69 Å². The third kappa shape index (κ3) is 4.66. The number of aryl methyl sites for hydroxylation is 1. The number of halogens is 2. The van der Waals surface area contributed by atoms with Gasteiger partial charge in [0.1, 0.15) is 6.54 Å². The SMILES string of the molecule is CCOC(=O)CN(c1cccc(C)c1)S(=O)(=O)c1ccc(Cl)c(Cl)c1. The highest BCUT2D eigenvalue weighted by atomic mass is 35.5. The van der Waals surface area contributed by atoms with Gasteiger partial charge in [0.25, 0.3) is 10.0 Å². The third-order valence-electron chi connectivity index (χ3n) is 3.35. The van der Waals surface area contributed by atoms with Gasteiger partial charge < -0.3 is 4.74 Å². The zero-order valence-electron chi connectivity index (χ0n) is 13.7. The molecule has 0 saturated heterocycles. The predicted molar refractivity (Wildman–Crippen MR) is 98.8 cm³/mol. The molecule has 2 aromatic rings. The van der Waals surface area contributed by atoms with Crippen LogP contribution in [0.3, 0.4) is 0 Å². The van der Waals surface area contributed by atoms with E-state index in [1.165, 1.54) is 18.2 Å². The summed E-state index contributed by atoms with van der Waals surface area (Å²) in [7, 11) is -4.03. The first-order chi connectivity index (χ1) is 11.8. The molecule has 0 saturated carbocycles. The standard InChI is InChI=1S/C17H17Cl2NO4S/c1-3-24-17(21)11-20(13-6-4-5-12(2)9-13)25(22,23)14-7-8-15(18)16(19)10-14/h4-10H,3,11H2,1-2H3. The van der Waals surface area contributed by atoms with E-state index in [9.17, 15) is 13.2 Å². The number of sulfonamides is 1. The molecule has 0 amide bonds. The van der Waals surface area contributed by atoms with Gasteiger partial charge in [-0.1, -0.05) is 35.3 Å². The second kappa shape index (κ2) is 8.08. The van der Waals surface area contributed by atoms with E-state index in [-0.39, 0.29) is 21.5 Å².